The van der Waals surface area contributed by atoms with Crippen LogP contribution in [0.3, 0.4) is 0 Å². The van der Waals surface area contributed by atoms with E-state index in [1.54, 1.807) is 0 Å². The van der Waals surface area contributed by atoms with Crippen molar-refractivity contribution < 1.29 is 18.4 Å². The zero-order chi connectivity index (χ0) is 30.7. The van der Waals surface area contributed by atoms with Gasteiger partial charge in [0.15, 0.2) is 0 Å². The molecule has 0 saturated heterocycles. The maximum atomic E-state index is 12.1. The Morgan fingerprint density at radius 2 is 0.775 bits per heavy atom. The molecule has 230 valence electrons. The van der Waals surface area contributed by atoms with E-state index in [0.29, 0.717) is 12.8 Å². The summed E-state index contributed by atoms with van der Waals surface area (Å²) in [6.07, 6.45) is 16.3. The van der Waals surface area contributed by atoms with Gasteiger partial charge in [-0.05, 0) is 73.8 Å². The molecule has 0 aliphatic heterocycles. The lowest BCUT2D eigenvalue weighted by Gasteiger charge is -2.35. The van der Waals surface area contributed by atoms with Crippen LogP contribution in [0.25, 0.3) is 0 Å². The molecule has 0 aromatic heterocycles. The summed E-state index contributed by atoms with van der Waals surface area (Å²) >= 11 is 0. The molecule has 0 saturated carbocycles. The zero-order valence-electron chi connectivity index (χ0n) is 27.9. The van der Waals surface area contributed by atoms with Crippen molar-refractivity contribution in [1.82, 2.24) is 0 Å². The van der Waals surface area contributed by atoms with Crippen LogP contribution in [0.2, 0.25) is 36.3 Å². The molecule has 0 N–H and O–H groups in total. The van der Waals surface area contributed by atoms with Gasteiger partial charge < -0.3 is 8.85 Å². The number of hydrogen-bond donors (Lipinski definition) is 0. The third-order valence-electron chi connectivity index (χ3n) is 8.45. The van der Waals surface area contributed by atoms with Crippen molar-refractivity contribution in [2.24, 2.45) is 0 Å². The summed E-state index contributed by atoms with van der Waals surface area (Å²) in [6.45, 7) is 21.5. The van der Waals surface area contributed by atoms with Gasteiger partial charge in [0.05, 0.1) is 0 Å². The molecule has 0 rings (SSSR count). The number of carbonyl (C=O) groups excluding carboxylic acids is 2. The van der Waals surface area contributed by atoms with Crippen LogP contribution in [0, 0.1) is 23.7 Å². The van der Waals surface area contributed by atoms with Crippen molar-refractivity contribution in [3.8, 4) is 23.7 Å². The molecule has 0 fully saturated rings. The highest BCUT2D eigenvalue weighted by atomic mass is 28.4. The molecule has 0 unspecified atom stereocenters. The number of rotatable bonds is 18. The van der Waals surface area contributed by atoms with Gasteiger partial charge in [-0.1, -0.05) is 105 Å². The van der Waals surface area contributed by atoms with Gasteiger partial charge in [-0.25, -0.2) is 0 Å². The number of unbranched alkanes of at least 4 members (excludes halogenated alkanes) is 12. The van der Waals surface area contributed by atoms with E-state index < -0.39 is 16.6 Å². The van der Waals surface area contributed by atoms with Gasteiger partial charge in [0.25, 0.3) is 28.6 Å². The van der Waals surface area contributed by atoms with Gasteiger partial charge in [-0.3, -0.25) is 9.59 Å². The minimum atomic E-state index is -1.98. The average molecular weight is 591 g/mol. The largest absolute Gasteiger partial charge is 0.519 e. The molecule has 0 bridgehead atoms. The Kier molecular flexibility index (Phi) is 18.8. The van der Waals surface area contributed by atoms with E-state index in [1.165, 1.54) is 38.5 Å². The fourth-order valence-electron chi connectivity index (χ4n) is 3.57. The van der Waals surface area contributed by atoms with Crippen LogP contribution < -0.4 is 0 Å². The van der Waals surface area contributed by atoms with Crippen molar-refractivity contribution >= 4 is 28.6 Å². The molecule has 40 heavy (non-hydrogen) atoms. The predicted octanol–water partition coefficient (Wildman–Crippen LogP) is 10.3. The Morgan fingerprint density at radius 1 is 0.500 bits per heavy atom. The Hall–Kier alpha value is -1.51. The average Bonchev–Trinajstić information content (AvgIpc) is 2.80. The minimum Gasteiger partial charge on any atom is -0.519 e. The fourth-order valence-corrected chi connectivity index (χ4v) is 5.53. The summed E-state index contributed by atoms with van der Waals surface area (Å²) in [4.78, 5) is 24.3. The molecule has 0 radical (unpaired) electrons. The van der Waals surface area contributed by atoms with Crippen molar-refractivity contribution in [3.63, 3.8) is 0 Å². The van der Waals surface area contributed by atoms with Gasteiger partial charge in [0.1, 0.15) is 0 Å². The van der Waals surface area contributed by atoms with Gasteiger partial charge in [0.2, 0.25) is 0 Å². The predicted molar refractivity (Wildman–Crippen MR) is 176 cm³/mol. The highest BCUT2D eigenvalue weighted by Crippen LogP contribution is 2.37. The van der Waals surface area contributed by atoms with Crippen LogP contribution in [0.5, 0.6) is 0 Å². The standard InChI is InChI=1S/C34H62O4Si2/c1-33(2,3)39(7,8)37-31(35)29-27-25-23-21-19-17-15-13-11-12-14-16-18-20-22-24-26-28-30-32(36)38-40(9,10)34(4,5)6/h15-30H2,1-10H3. The normalized spacial score (nSPS) is 12.2. The fraction of sp³-hybridized carbons (Fsp3) is 0.824. The molecular weight excluding hydrogens is 529 g/mol. The third-order valence-corrected chi connectivity index (χ3v) is 17.2. The first-order chi connectivity index (χ1) is 18.5. The lowest BCUT2D eigenvalue weighted by molar-refractivity contribution is -0.136. The summed E-state index contributed by atoms with van der Waals surface area (Å²) in [7, 11) is -3.96. The molecule has 0 amide bonds. The van der Waals surface area contributed by atoms with Crippen LogP contribution in [0.1, 0.15) is 144 Å². The van der Waals surface area contributed by atoms with Gasteiger partial charge >= 0.3 is 0 Å². The molecule has 0 spiro atoms. The van der Waals surface area contributed by atoms with Crippen molar-refractivity contribution in [3.05, 3.63) is 0 Å². The summed E-state index contributed by atoms with van der Waals surface area (Å²) in [5.74, 6) is 12.3. The molecule has 0 aliphatic rings. The van der Waals surface area contributed by atoms with E-state index in [9.17, 15) is 9.59 Å². The summed E-state index contributed by atoms with van der Waals surface area (Å²) in [6, 6.07) is 0. The molecular formula is C34H62O4Si2. The van der Waals surface area contributed by atoms with Crippen molar-refractivity contribution in [2.45, 2.75) is 181 Å². The summed E-state index contributed by atoms with van der Waals surface area (Å²) in [5, 5.41) is 0.146. The highest BCUT2D eigenvalue weighted by molar-refractivity contribution is 6.75. The molecule has 0 aromatic rings. The molecule has 6 heteroatoms. The van der Waals surface area contributed by atoms with Crippen molar-refractivity contribution in [2.75, 3.05) is 0 Å². The van der Waals surface area contributed by atoms with Gasteiger partial charge in [-0.15, -0.1) is 0 Å². The first-order valence-corrected chi connectivity index (χ1v) is 21.7. The first kappa shape index (κ1) is 38.5. The van der Waals surface area contributed by atoms with E-state index in [-0.39, 0.29) is 22.0 Å². The number of hydrogen-bond acceptors (Lipinski definition) is 4. The summed E-state index contributed by atoms with van der Waals surface area (Å²) in [5.41, 5.74) is 0. The van der Waals surface area contributed by atoms with Crippen LogP contribution in [0.15, 0.2) is 0 Å². The molecule has 0 heterocycles. The lowest BCUT2D eigenvalue weighted by atomic mass is 10.1. The van der Waals surface area contributed by atoms with E-state index in [0.717, 1.165) is 51.4 Å². The van der Waals surface area contributed by atoms with Crippen LogP contribution in [0.4, 0.5) is 0 Å². The smallest absolute Gasteiger partial charge is 0.292 e. The Bertz CT molecular complexity index is 783. The first-order valence-electron chi connectivity index (χ1n) is 15.9. The quantitative estimate of drug-likeness (QED) is 0.0905. The molecule has 0 aromatic carbocycles. The lowest BCUT2D eigenvalue weighted by Crippen LogP contribution is -2.42. The Labute approximate surface area is 250 Å². The molecule has 0 atom stereocenters. The highest BCUT2D eigenvalue weighted by Gasteiger charge is 2.41. The van der Waals surface area contributed by atoms with Gasteiger partial charge in [0, 0.05) is 25.7 Å². The van der Waals surface area contributed by atoms with E-state index in [2.05, 4.69) is 91.4 Å². The maximum absolute atomic E-state index is 12.1. The molecule has 4 nitrogen and oxygen atoms in total. The summed E-state index contributed by atoms with van der Waals surface area (Å²) < 4.78 is 11.7. The monoisotopic (exact) mass is 590 g/mol. The van der Waals surface area contributed by atoms with Crippen molar-refractivity contribution in [1.29, 1.82) is 0 Å². The molecule has 0 aliphatic carbocycles. The maximum Gasteiger partial charge on any atom is 0.292 e. The topological polar surface area (TPSA) is 52.6 Å². The second-order valence-electron chi connectivity index (χ2n) is 14.3. The Balaban J connectivity index is 3.63. The van der Waals surface area contributed by atoms with Gasteiger partial charge in [-0.2, -0.15) is 0 Å². The zero-order valence-corrected chi connectivity index (χ0v) is 29.9. The van der Waals surface area contributed by atoms with Crippen LogP contribution in [-0.4, -0.2) is 28.6 Å². The van der Waals surface area contributed by atoms with E-state index in [1.807, 2.05) is 0 Å². The minimum absolute atomic E-state index is 0.0177. The van der Waals surface area contributed by atoms with E-state index >= 15 is 0 Å². The van der Waals surface area contributed by atoms with Crippen LogP contribution >= 0.6 is 0 Å². The Morgan fingerprint density at radius 3 is 1.07 bits per heavy atom. The second-order valence-corrected chi connectivity index (χ2v) is 23.8. The second kappa shape index (κ2) is 19.6. The third kappa shape index (κ3) is 18.8. The van der Waals surface area contributed by atoms with E-state index in [4.69, 9.17) is 8.85 Å². The van der Waals surface area contributed by atoms with Crippen LogP contribution in [-0.2, 0) is 18.4 Å². The number of carbonyl (C=O) groups is 2. The SMILES string of the molecule is CC(C)(C)[Si](C)(C)OC(=O)CCCCCCCCC#CC#CCCCCCCCCC(=O)O[Si](C)(C)C(C)(C)C.